The number of benzene rings is 1. The zero-order valence-corrected chi connectivity index (χ0v) is 12.7. The number of fused-ring (bicyclic) bond motifs is 1. The van der Waals surface area contributed by atoms with Crippen molar-refractivity contribution in [2.75, 3.05) is 14.2 Å². The molecule has 0 aliphatic carbocycles. The van der Waals surface area contributed by atoms with Crippen LogP contribution in [0.15, 0.2) is 42.7 Å². The maximum atomic E-state index is 11.9. The summed E-state index contributed by atoms with van der Waals surface area (Å²) in [6.07, 6.45) is 3.53. The lowest BCUT2D eigenvalue weighted by atomic mass is 10.1. The lowest BCUT2D eigenvalue weighted by Crippen LogP contribution is -1.98. The molecule has 1 aromatic carbocycles. The first-order chi connectivity index (χ1) is 10.7. The summed E-state index contributed by atoms with van der Waals surface area (Å²) in [6.45, 7) is 1.54. The average molecular weight is 296 g/mol. The Morgan fingerprint density at radius 2 is 1.95 bits per heavy atom. The SMILES string of the molecule is COc1ccc(OC)c(-c2cc(C(C)=O)n3cccnc23)c1. The van der Waals surface area contributed by atoms with Crippen LogP contribution in [0.2, 0.25) is 0 Å². The number of methoxy groups -OCH3 is 2. The topological polar surface area (TPSA) is 52.8 Å². The lowest BCUT2D eigenvalue weighted by molar-refractivity contribution is 0.101. The van der Waals surface area contributed by atoms with Crippen LogP contribution in [0.1, 0.15) is 17.4 Å². The highest BCUT2D eigenvalue weighted by atomic mass is 16.5. The number of hydrogen-bond donors (Lipinski definition) is 0. The number of hydrogen-bond acceptors (Lipinski definition) is 4. The maximum absolute atomic E-state index is 11.9. The maximum Gasteiger partial charge on any atom is 0.176 e. The Balaban J connectivity index is 2.33. The summed E-state index contributed by atoms with van der Waals surface area (Å²) in [6, 6.07) is 9.19. The highest BCUT2D eigenvalue weighted by Gasteiger charge is 2.17. The third-order valence-corrected chi connectivity index (χ3v) is 3.59. The Kier molecular flexibility index (Phi) is 3.55. The monoisotopic (exact) mass is 296 g/mol. The molecule has 0 saturated heterocycles. The number of rotatable bonds is 4. The highest BCUT2D eigenvalue weighted by molar-refractivity contribution is 5.98. The van der Waals surface area contributed by atoms with Crippen LogP contribution in [0.3, 0.4) is 0 Å². The summed E-state index contributed by atoms with van der Waals surface area (Å²) >= 11 is 0. The minimum atomic E-state index is -0.0175. The van der Waals surface area contributed by atoms with Crippen LogP contribution in [0.5, 0.6) is 11.5 Å². The van der Waals surface area contributed by atoms with Crippen molar-refractivity contribution in [3.05, 3.63) is 48.4 Å². The summed E-state index contributed by atoms with van der Waals surface area (Å²) in [5.74, 6) is 1.40. The Morgan fingerprint density at radius 1 is 1.14 bits per heavy atom. The van der Waals surface area contributed by atoms with E-state index in [0.29, 0.717) is 17.1 Å². The molecule has 0 unspecified atom stereocenters. The van der Waals surface area contributed by atoms with Gasteiger partial charge in [-0.25, -0.2) is 4.98 Å². The molecule has 2 aromatic heterocycles. The van der Waals surface area contributed by atoms with E-state index in [1.165, 1.54) is 0 Å². The van der Waals surface area contributed by atoms with Crippen molar-refractivity contribution in [2.24, 2.45) is 0 Å². The molecule has 0 saturated carbocycles. The van der Waals surface area contributed by atoms with Crippen LogP contribution in [0.4, 0.5) is 0 Å². The van der Waals surface area contributed by atoms with Crippen molar-refractivity contribution in [1.29, 1.82) is 0 Å². The predicted molar refractivity (Wildman–Crippen MR) is 83.7 cm³/mol. The number of ketones is 1. The fourth-order valence-electron chi connectivity index (χ4n) is 2.53. The van der Waals surface area contributed by atoms with E-state index >= 15 is 0 Å². The molecule has 5 heteroatoms. The molecule has 0 atom stereocenters. The van der Waals surface area contributed by atoms with Gasteiger partial charge < -0.3 is 9.47 Å². The standard InChI is InChI=1S/C17H16N2O3/c1-11(20)15-10-14(17-18-7-4-8-19(15)17)13-9-12(21-2)5-6-16(13)22-3/h4-10H,1-3H3. The van der Waals surface area contributed by atoms with Crippen LogP contribution in [0, 0.1) is 0 Å². The molecule has 0 N–H and O–H groups in total. The van der Waals surface area contributed by atoms with Gasteiger partial charge in [0.15, 0.2) is 5.78 Å². The molecular formula is C17H16N2O3. The first-order valence-electron chi connectivity index (χ1n) is 6.85. The number of aromatic nitrogens is 2. The van der Waals surface area contributed by atoms with Gasteiger partial charge in [0.05, 0.1) is 19.9 Å². The molecule has 112 valence electrons. The predicted octanol–water partition coefficient (Wildman–Crippen LogP) is 3.22. The van der Waals surface area contributed by atoms with E-state index in [4.69, 9.17) is 9.47 Å². The molecular weight excluding hydrogens is 280 g/mol. The van der Waals surface area contributed by atoms with E-state index in [2.05, 4.69) is 4.98 Å². The minimum Gasteiger partial charge on any atom is -0.497 e. The molecule has 22 heavy (non-hydrogen) atoms. The zero-order valence-electron chi connectivity index (χ0n) is 12.7. The van der Waals surface area contributed by atoms with Crippen LogP contribution >= 0.6 is 0 Å². The molecule has 0 aliphatic heterocycles. The second kappa shape index (κ2) is 5.52. The van der Waals surface area contributed by atoms with Gasteiger partial charge in [0, 0.05) is 30.4 Å². The fraction of sp³-hybridized carbons (Fsp3) is 0.176. The average Bonchev–Trinajstić information content (AvgIpc) is 2.94. The summed E-state index contributed by atoms with van der Waals surface area (Å²) in [4.78, 5) is 16.3. The molecule has 0 spiro atoms. The third-order valence-electron chi connectivity index (χ3n) is 3.59. The molecule has 5 nitrogen and oxygen atoms in total. The van der Waals surface area contributed by atoms with E-state index in [-0.39, 0.29) is 5.78 Å². The summed E-state index contributed by atoms with van der Waals surface area (Å²) in [7, 11) is 3.23. The van der Waals surface area contributed by atoms with E-state index in [9.17, 15) is 4.79 Å². The number of nitrogens with zero attached hydrogens (tertiary/aromatic N) is 2. The Hall–Kier alpha value is -2.82. The zero-order chi connectivity index (χ0) is 15.7. The van der Waals surface area contributed by atoms with E-state index < -0.39 is 0 Å². The van der Waals surface area contributed by atoms with Gasteiger partial charge in [0.1, 0.15) is 17.1 Å². The van der Waals surface area contributed by atoms with Gasteiger partial charge in [-0.15, -0.1) is 0 Å². The molecule has 2 heterocycles. The van der Waals surface area contributed by atoms with E-state index in [1.54, 1.807) is 37.8 Å². The fourth-order valence-corrected chi connectivity index (χ4v) is 2.53. The van der Waals surface area contributed by atoms with Crippen molar-refractivity contribution in [2.45, 2.75) is 6.92 Å². The van der Waals surface area contributed by atoms with E-state index in [0.717, 1.165) is 16.9 Å². The number of carbonyl (C=O) groups is 1. The van der Waals surface area contributed by atoms with Gasteiger partial charge in [-0.1, -0.05) is 0 Å². The minimum absolute atomic E-state index is 0.0175. The van der Waals surface area contributed by atoms with Crippen LogP contribution in [0.25, 0.3) is 16.8 Å². The molecule has 0 radical (unpaired) electrons. The van der Waals surface area contributed by atoms with Gasteiger partial charge >= 0.3 is 0 Å². The van der Waals surface area contributed by atoms with Gasteiger partial charge in [0.2, 0.25) is 0 Å². The molecule has 0 bridgehead atoms. The first kappa shape index (κ1) is 14.1. The smallest absolute Gasteiger partial charge is 0.176 e. The number of Topliss-reactive ketones (excluding diaryl/α,β-unsaturated/α-hetero) is 1. The largest absolute Gasteiger partial charge is 0.497 e. The van der Waals surface area contributed by atoms with Gasteiger partial charge in [-0.2, -0.15) is 0 Å². The van der Waals surface area contributed by atoms with Crippen LogP contribution < -0.4 is 9.47 Å². The molecule has 0 fully saturated rings. The Bertz CT molecular complexity index is 852. The van der Waals surface area contributed by atoms with Crippen molar-refractivity contribution >= 4 is 11.4 Å². The second-order valence-electron chi connectivity index (χ2n) is 4.88. The van der Waals surface area contributed by atoms with Gasteiger partial charge in [0.25, 0.3) is 0 Å². The first-order valence-corrected chi connectivity index (χ1v) is 6.85. The molecule has 0 amide bonds. The Labute approximate surface area is 128 Å². The Morgan fingerprint density at radius 3 is 2.64 bits per heavy atom. The van der Waals surface area contributed by atoms with Crippen molar-refractivity contribution in [1.82, 2.24) is 9.38 Å². The van der Waals surface area contributed by atoms with Crippen LogP contribution in [-0.4, -0.2) is 29.4 Å². The number of ether oxygens (including phenoxy) is 2. The number of carbonyl (C=O) groups excluding carboxylic acids is 1. The highest BCUT2D eigenvalue weighted by Crippen LogP contribution is 2.36. The summed E-state index contributed by atoms with van der Waals surface area (Å²) in [5.41, 5.74) is 2.97. The van der Waals surface area contributed by atoms with E-state index in [1.807, 2.05) is 30.5 Å². The van der Waals surface area contributed by atoms with Crippen molar-refractivity contribution in [3.8, 4) is 22.6 Å². The lowest BCUT2D eigenvalue weighted by Gasteiger charge is -2.09. The summed E-state index contributed by atoms with van der Waals surface area (Å²) < 4.78 is 12.5. The van der Waals surface area contributed by atoms with Gasteiger partial charge in [-0.3, -0.25) is 9.20 Å². The summed E-state index contributed by atoms with van der Waals surface area (Å²) in [5, 5.41) is 0. The quantitative estimate of drug-likeness (QED) is 0.694. The van der Waals surface area contributed by atoms with Crippen molar-refractivity contribution < 1.29 is 14.3 Å². The molecule has 0 aliphatic rings. The third kappa shape index (κ3) is 2.20. The van der Waals surface area contributed by atoms with Crippen molar-refractivity contribution in [3.63, 3.8) is 0 Å². The van der Waals surface area contributed by atoms with Crippen LogP contribution in [-0.2, 0) is 0 Å². The molecule has 3 rings (SSSR count). The van der Waals surface area contributed by atoms with Gasteiger partial charge in [-0.05, 0) is 30.3 Å². The normalized spacial score (nSPS) is 10.7. The second-order valence-corrected chi connectivity index (χ2v) is 4.88. The molecule has 3 aromatic rings.